The van der Waals surface area contributed by atoms with Crippen molar-refractivity contribution in [2.24, 2.45) is 0 Å². The highest BCUT2D eigenvalue weighted by Gasteiger charge is 2.17. The predicted octanol–water partition coefficient (Wildman–Crippen LogP) is 11.1. The van der Waals surface area contributed by atoms with E-state index in [1.165, 1.54) is 0 Å². The summed E-state index contributed by atoms with van der Waals surface area (Å²) < 4.78 is 26.9. The van der Waals surface area contributed by atoms with Crippen molar-refractivity contribution in [1.82, 2.24) is 0 Å². The van der Waals surface area contributed by atoms with E-state index in [1.54, 1.807) is 129 Å². The van der Waals surface area contributed by atoms with Gasteiger partial charge in [-0.15, -0.1) is 0 Å². The molecule has 3 aromatic heterocycles. The van der Waals surface area contributed by atoms with Crippen LogP contribution in [0.1, 0.15) is 62.2 Å². The smallest absolute Gasteiger partial charge is 0.481 e. The second-order valence-corrected chi connectivity index (χ2v) is 21.0. The summed E-state index contributed by atoms with van der Waals surface area (Å²) in [6, 6.07) is 53.7. The van der Waals surface area contributed by atoms with E-state index in [0.717, 1.165) is 39.3 Å². The number of furan rings is 3. The van der Waals surface area contributed by atoms with Gasteiger partial charge in [-0.25, -0.2) is 0 Å². The van der Waals surface area contributed by atoms with Crippen molar-refractivity contribution in [3.8, 4) is 22.6 Å². The average Bonchev–Trinajstić information content (AvgIpc) is 2.54. The number of carbonyl (C=O) groups is 6. The van der Waals surface area contributed by atoms with Crippen LogP contribution < -0.4 is 36.1 Å². The number of nitrogens with zero attached hydrogens (tertiary/aromatic N) is 3. The highest BCUT2D eigenvalue weighted by molar-refractivity contribution is 9.10. The molecule has 9 rings (SSSR count). The van der Waals surface area contributed by atoms with E-state index < -0.39 is 19.0 Å². The molecule has 0 saturated carbocycles. The number of anilines is 6. The molecule has 22 heteroatoms. The Bertz CT molecular complexity index is 3760. The van der Waals surface area contributed by atoms with E-state index in [0.29, 0.717) is 57.5 Å². The Morgan fingerprint density at radius 2 is 0.787 bits per heavy atom. The molecule has 0 atom stereocenters. The number of nitrogens with one attached hydrogen (secondary N) is 3. The number of aliphatic carboxylic acids is 1. The SMILES string of the molecule is CCOC(=O)Cc1cccc(NC(=O)c2ccc(-c3ccc(N(C)C)cc3)o2)c1.CCOC(=O)Cc1cccc(NC(=O)c2ccc(Br)o2)c1.CN(C)c1ccc(-c2ccc(C(=O)Nc3cccc(CC(=O)O)c3)o2)cc1.CN(C)c1ccc(B(O)O)cc1. The number of ether oxygens (including phenoxy) is 2. The zero-order chi connectivity index (χ0) is 64.6. The zero-order valence-electron chi connectivity index (χ0n) is 50.5. The monoisotopic (exact) mass is 1270 g/mol. The largest absolute Gasteiger partial charge is 0.488 e. The Hall–Kier alpha value is -10.2. The molecule has 0 bridgehead atoms. The minimum absolute atomic E-state index is 0.0996. The van der Waals surface area contributed by atoms with Crippen molar-refractivity contribution in [2.45, 2.75) is 33.1 Å². The van der Waals surface area contributed by atoms with E-state index in [4.69, 9.17) is 37.9 Å². The third-order valence-electron chi connectivity index (χ3n) is 12.7. The summed E-state index contributed by atoms with van der Waals surface area (Å²) in [7, 11) is 10.4. The van der Waals surface area contributed by atoms with E-state index in [9.17, 15) is 28.8 Å². The Morgan fingerprint density at radius 1 is 0.449 bits per heavy atom. The molecule has 0 fully saturated rings. The van der Waals surface area contributed by atoms with Gasteiger partial charge in [-0.3, -0.25) is 28.8 Å². The molecule has 9 aromatic rings. The topological polar surface area (TPSA) is 267 Å². The van der Waals surface area contributed by atoms with Crippen molar-refractivity contribution < 1.29 is 66.6 Å². The number of carboxylic acids is 1. The van der Waals surface area contributed by atoms with Gasteiger partial charge in [-0.1, -0.05) is 48.5 Å². The van der Waals surface area contributed by atoms with Crippen LogP contribution in [0.2, 0.25) is 0 Å². The molecular weight excluding hydrogens is 1200 g/mol. The predicted molar refractivity (Wildman–Crippen MR) is 349 cm³/mol. The molecule has 0 aliphatic heterocycles. The van der Waals surface area contributed by atoms with E-state index in [-0.39, 0.29) is 60.3 Å². The molecule has 3 amide bonds. The highest BCUT2D eigenvalue weighted by atomic mass is 79.9. The van der Waals surface area contributed by atoms with Crippen molar-refractivity contribution in [2.75, 3.05) is 86.1 Å². The molecular formula is C67H70BBrN6O14. The fourth-order valence-corrected chi connectivity index (χ4v) is 8.55. The summed E-state index contributed by atoms with van der Waals surface area (Å²) in [5.74, 6) is -0.781. The molecule has 6 aromatic carbocycles. The second kappa shape index (κ2) is 33.7. The van der Waals surface area contributed by atoms with Gasteiger partial charge in [-0.05, 0) is 185 Å². The number of esters is 2. The van der Waals surface area contributed by atoms with Gasteiger partial charge >= 0.3 is 25.0 Å². The Kier molecular flexibility index (Phi) is 25.7. The minimum atomic E-state index is -1.37. The molecule has 20 nitrogen and oxygen atoms in total. The first kappa shape index (κ1) is 68.0. The number of benzene rings is 6. The number of amides is 3. The van der Waals surface area contributed by atoms with Crippen LogP contribution in [0.25, 0.3) is 22.6 Å². The Morgan fingerprint density at radius 3 is 1.10 bits per heavy atom. The molecule has 6 N–H and O–H groups in total. The fourth-order valence-electron chi connectivity index (χ4n) is 8.25. The number of hydrogen-bond donors (Lipinski definition) is 6. The van der Waals surface area contributed by atoms with E-state index >= 15 is 0 Å². The molecule has 462 valence electrons. The van der Waals surface area contributed by atoms with Crippen LogP contribution >= 0.6 is 15.9 Å². The summed E-state index contributed by atoms with van der Waals surface area (Å²) in [4.78, 5) is 76.7. The van der Waals surface area contributed by atoms with Crippen LogP contribution in [0.5, 0.6) is 0 Å². The van der Waals surface area contributed by atoms with Gasteiger partial charge in [0.1, 0.15) is 11.5 Å². The quantitative estimate of drug-likeness (QED) is 0.0306. The van der Waals surface area contributed by atoms with Crippen LogP contribution in [-0.4, -0.2) is 113 Å². The molecule has 0 spiro atoms. The number of carboxylic acid groups (broad SMARTS) is 1. The van der Waals surface area contributed by atoms with Gasteiger partial charge in [0.2, 0.25) is 0 Å². The fraction of sp³-hybridized carbons (Fsp3) is 0.194. The van der Waals surface area contributed by atoms with Gasteiger partial charge < -0.3 is 68.5 Å². The van der Waals surface area contributed by atoms with Gasteiger partial charge in [0, 0.05) is 87.5 Å². The first-order valence-corrected chi connectivity index (χ1v) is 28.7. The van der Waals surface area contributed by atoms with Crippen molar-refractivity contribution >= 4 is 98.3 Å². The maximum atomic E-state index is 12.5. The lowest BCUT2D eigenvalue weighted by Crippen LogP contribution is -2.29. The van der Waals surface area contributed by atoms with Crippen LogP contribution in [0.15, 0.2) is 200 Å². The normalized spacial score (nSPS) is 10.3. The lowest BCUT2D eigenvalue weighted by Gasteiger charge is -2.12. The molecule has 89 heavy (non-hydrogen) atoms. The van der Waals surface area contributed by atoms with Gasteiger partial charge in [0.05, 0.1) is 32.5 Å². The van der Waals surface area contributed by atoms with Crippen LogP contribution in [0.3, 0.4) is 0 Å². The molecule has 0 radical (unpaired) electrons. The lowest BCUT2D eigenvalue weighted by atomic mass is 9.80. The maximum Gasteiger partial charge on any atom is 0.488 e. The molecule has 0 unspecified atom stereocenters. The molecule has 0 aliphatic carbocycles. The number of carbonyl (C=O) groups excluding carboxylic acids is 5. The Balaban J connectivity index is 0.000000197. The summed E-state index contributed by atoms with van der Waals surface area (Å²) >= 11 is 3.14. The van der Waals surface area contributed by atoms with Crippen LogP contribution in [0, 0.1) is 0 Å². The molecule has 3 heterocycles. The van der Waals surface area contributed by atoms with Crippen LogP contribution in [0.4, 0.5) is 34.1 Å². The summed E-state index contributed by atoms with van der Waals surface area (Å²) in [5, 5.41) is 34.7. The minimum Gasteiger partial charge on any atom is -0.481 e. The Labute approximate surface area is 524 Å². The standard InChI is InChI=1S/C23H24N2O4.C21H20N2O4.C15H14BrNO4.C8H12BNO2/c1-4-28-22(26)15-16-6-5-7-18(14-16)24-23(27)21-13-12-20(29-21)17-8-10-19(11-9-17)25(2)3;1-23(2)17-8-6-15(7-9-17)18-10-11-19(27-18)21(26)22-16-5-3-4-14(12-16)13-20(24)25;1-2-20-14(18)9-10-4-3-5-11(8-10)17-15(19)12-6-7-13(16)21-12;1-10(2)8-5-3-7(4-6-8)9(11)12/h5-14H,4,15H2,1-3H3,(H,24,27);3-12H,13H2,1-2H3,(H,22,26)(H,24,25);3-8H,2,9H2,1H3,(H,17,19);3-6,11-12H,1-2H3. The van der Waals surface area contributed by atoms with Crippen molar-refractivity contribution in [1.29, 1.82) is 0 Å². The summed E-state index contributed by atoms with van der Waals surface area (Å²) in [5.41, 5.74) is 9.33. The van der Waals surface area contributed by atoms with E-state index in [1.807, 2.05) is 124 Å². The third kappa shape index (κ3) is 21.9. The number of rotatable bonds is 20. The van der Waals surface area contributed by atoms with Gasteiger partial charge in [0.15, 0.2) is 22.0 Å². The van der Waals surface area contributed by atoms with Crippen molar-refractivity contribution in [3.05, 3.63) is 221 Å². The third-order valence-corrected chi connectivity index (χ3v) is 13.1. The van der Waals surface area contributed by atoms with Gasteiger partial charge in [0.25, 0.3) is 17.7 Å². The lowest BCUT2D eigenvalue weighted by molar-refractivity contribution is -0.143. The average molecular weight is 1270 g/mol. The maximum absolute atomic E-state index is 12.5. The second-order valence-electron chi connectivity index (χ2n) is 20.2. The van der Waals surface area contributed by atoms with Crippen molar-refractivity contribution in [3.63, 3.8) is 0 Å². The van der Waals surface area contributed by atoms with Crippen LogP contribution in [-0.2, 0) is 43.1 Å². The first-order valence-electron chi connectivity index (χ1n) is 28.0. The summed E-state index contributed by atoms with van der Waals surface area (Å²) in [6.07, 6.45) is 0.229. The summed E-state index contributed by atoms with van der Waals surface area (Å²) in [6.45, 7) is 4.22. The molecule has 0 aliphatic rings. The zero-order valence-corrected chi connectivity index (χ0v) is 52.1. The number of halogens is 1. The first-order chi connectivity index (χ1) is 42.6. The van der Waals surface area contributed by atoms with E-state index in [2.05, 4.69) is 31.9 Å². The number of hydrogen-bond acceptors (Lipinski definition) is 16. The highest BCUT2D eigenvalue weighted by Crippen LogP contribution is 2.28. The molecule has 0 saturated heterocycles. The van der Waals surface area contributed by atoms with Gasteiger partial charge in [-0.2, -0.15) is 0 Å².